The summed E-state index contributed by atoms with van der Waals surface area (Å²) in [6.45, 7) is -0.317. The summed E-state index contributed by atoms with van der Waals surface area (Å²) in [6, 6.07) is 3.47. The van der Waals surface area contributed by atoms with E-state index in [1.807, 2.05) is 0 Å². The molecule has 1 fully saturated rings. The molecule has 4 nitrogen and oxygen atoms in total. The summed E-state index contributed by atoms with van der Waals surface area (Å²) >= 11 is 1.79. The number of benzene rings is 1. The third-order valence-corrected chi connectivity index (χ3v) is 5.60. The van der Waals surface area contributed by atoms with Gasteiger partial charge in [0.15, 0.2) is 0 Å². The Morgan fingerprint density at radius 1 is 1.37 bits per heavy atom. The van der Waals surface area contributed by atoms with Crippen molar-refractivity contribution in [2.24, 2.45) is 0 Å². The van der Waals surface area contributed by atoms with E-state index in [1.165, 1.54) is 12.1 Å². The van der Waals surface area contributed by atoms with Gasteiger partial charge in [-0.05, 0) is 42.0 Å². The zero-order valence-electron chi connectivity index (χ0n) is 10.3. The summed E-state index contributed by atoms with van der Waals surface area (Å²) in [4.78, 5) is -0.391. The highest BCUT2D eigenvalue weighted by atomic mass is 32.2. The van der Waals surface area contributed by atoms with Crippen molar-refractivity contribution in [3.05, 3.63) is 29.6 Å². The first-order valence-electron chi connectivity index (χ1n) is 6.02. The van der Waals surface area contributed by atoms with Crippen molar-refractivity contribution in [3.63, 3.8) is 0 Å². The number of thioether (sulfide) groups is 1. The Kier molecular flexibility index (Phi) is 4.83. The van der Waals surface area contributed by atoms with E-state index >= 15 is 0 Å². The van der Waals surface area contributed by atoms with Crippen LogP contribution >= 0.6 is 11.8 Å². The second kappa shape index (κ2) is 6.21. The number of hydrogen-bond acceptors (Lipinski definition) is 4. The molecule has 0 amide bonds. The van der Waals surface area contributed by atoms with Crippen LogP contribution in [0, 0.1) is 5.82 Å². The molecule has 19 heavy (non-hydrogen) atoms. The van der Waals surface area contributed by atoms with E-state index in [2.05, 4.69) is 4.72 Å². The predicted octanol–water partition coefficient (Wildman–Crippen LogP) is 1.49. The van der Waals surface area contributed by atoms with Gasteiger partial charge < -0.3 is 5.11 Å². The molecule has 0 spiro atoms. The van der Waals surface area contributed by atoms with Crippen LogP contribution in [0.3, 0.4) is 0 Å². The van der Waals surface area contributed by atoms with E-state index in [9.17, 15) is 12.8 Å². The third-order valence-electron chi connectivity index (χ3n) is 3.01. The molecule has 106 valence electrons. The lowest BCUT2D eigenvalue weighted by molar-refractivity contribution is 0.281. The van der Waals surface area contributed by atoms with Crippen LogP contribution in [0.2, 0.25) is 0 Å². The van der Waals surface area contributed by atoms with Gasteiger partial charge in [-0.25, -0.2) is 17.5 Å². The Hall–Kier alpha value is -0.630. The van der Waals surface area contributed by atoms with Crippen molar-refractivity contribution in [2.75, 3.05) is 11.5 Å². The average molecular weight is 305 g/mol. The minimum absolute atomic E-state index is 0.136. The number of aliphatic hydroxyl groups excluding tert-OH is 1. The van der Waals surface area contributed by atoms with Gasteiger partial charge in [0.25, 0.3) is 0 Å². The maximum absolute atomic E-state index is 13.7. The number of rotatable bonds is 4. The van der Waals surface area contributed by atoms with E-state index in [0.29, 0.717) is 5.56 Å². The number of sulfonamides is 1. The number of hydrogen-bond donors (Lipinski definition) is 2. The minimum Gasteiger partial charge on any atom is -0.392 e. The Labute approximate surface area is 116 Å². The lowest BCUT2D eigenvalue weighted by Crippen LogP contribution is -2.37. The van der Waals surface area contributed by atoms with Gasteiger partial charge in [-0.2, -0.15) is 11.8 Å². The zero-order valence-corrected chi connectivity index (χ0v) is 11.9. The summed E-state index contributed by atoms with van der Waals surface area (Å²) in [5.74, 6) is 1.02. The molecule has 2 rings (SSSR count). The second-order valence-corrected chi connectivity index (χ2v) is 7.34. The molecular weight excluding hydrogens is 289 g/mol. The van der Waals surface area contributed by atoms with Crippen LogP contribution in [-0.2, 0) is 16.6 Å². The molecule has 1 heterocycles. The van der Waals surface area contributed by atoms with Gasteiger partial charge in [0.2, 0.25) is 10.0 Å². The monoisotopic (exact) mass is 305 g/mol. The maximum atomic E-state index is 13.7. The van der Waals surface area contributed by atoms with Crippen molar-refractivity contribution in [1.82, 2.24) is 4.72 Å². The molecule has 0 saturated carbocycles. The number of nitrogens with one attached hydrogen (secondary N) is 1. The lowest BCUT2D eigenvalue weighted by atomic mass is 10.2. The van der Waals surface area contributed by atoms with Crippen molar-refractivity contribution in [2.45, 2.75) is 30.4 Å². The SMILES string of the molecule is O=S(=O)(NC1CCSCC1)c1cc(CO)ccc1F. The second-order valence-electron chi connectivity index (χ2n) is 4.43. The van der Waals surface area contributed by atoms with Crippen LogP contribution in [-0.4, -0.2) is 31.1 Å². The maximum Gasteiger partial charge on any atom is 0.243 e. The molecule has 1 aliphatic heterocycles. The highest BCUT2D eigenvalue weighted by Crippen LogP contribution is 2.21. The molecule has 0 atom stereocenters. The van der Waals surface area contributed by atoms with Crippen molar-refractivity contribution in [1.29, 1.82) is 0 Å². The topological polar surface area (TPSA) is 66.4 Å². The van der Waals surface area contributed by atoms with Crippen LogP contribution in [0.15, 0.2) is 23.1 Å². The van der Waals surface area contributed by atoms with Gasteiger partial charge >= 0.3 is 0 Å². The largest absolute Gasteiger partial charge is 0.392 e. The van der Waals surface area contributed by atoms with Crippen LogP contribution < -0.4 is 4.72 Å². The lowest BCUT2D eigenvalue weighted by Gasteiger charge is -2.22. The Morgan fingerprint density at radius 3 is 2.68 bits per heavy atom. The molecule has 1 aliphatic rings. The van der Waals surface area contributed by atoms with Crippen molar-refractivity contribution < 1.29 is 17.9 Å². The number of aliphatic hydroxyl groups is 1. The molecule has 1 aromatic carbocycles. The predicted molar refractivity (Wildman–Crippen MR) is 73.0 cm³/mol. The molecule has 0 radical (unpaired) electrons. The summed E-state index contributed by atoms with van der Waals surface area (Å²) in [7, 11) is -3.87. The summed E-state index contributed by atoms with van der Waals surface area (Å²) in [5, 5.41) is 9.00. The highest BCUT2D eigenvalue weighted by molar-refractivity contribution is 7.99. The van der Waals surface area contributed by atoms with Crippen molar-refractivity contribution in [3.8, 4) is 0 Å². The smallest absolute Gasteiger partial charge is 0.243 e. The summed E-state index contributed by atoms with van der Waals surface area (Å²) in [6.07, 6.45) is 1.51. The van der Waals surface area contributed by atoms with E-state index in [1.54, 1.807) is 11.8 Å². The molecule has 7 heteroatoms. The fraction of sp³-hybridized carbons (Fsp3) is 0.500. The zero-order chi connectivity index (χ0) is 13.9. The van der Waals surface area contributed by atoms with Gasteiger partial charge in [-0.3, -0.25) is 0 Å². The Bertz CT molecular complexity index is 542. The molecule has 0 unspecified atom stereocenters. The van der Waals surface area contributed by atoms with Crippen LogP contribution in [0.4, 0.5) is 4.39 Å². The molecule has 0 bridgehead atoms. The first-order valence-corrected chi connectivity index (χ1v) is 8.66. The molecule has 1 aromatic rings. The average Bonchev–Trinajstić information content (AvgIpc) is 2.39. The molecular formula is C12H16FNO3S2. The van der Waals surface area contributed by atoms with E-state index in [0.717, 1.165) is 30.4 Å². The summed E-state index contributed by atoms with van der Waals surface area (Å²) in [5.41, 5.74) is 0.376. The van der Waals surface area contributed by atoms with Crippen LogP contribution in [0.1, 0.15) is 18.4 Å². The molecule has 1 saturated heterocycles. The quantitative estimate of drug-likeness (QED) is 0.884. The van der Waals surface area contributed by atoms with Crippen LogP contribution in [0.5, 0.6) is 0 Å². The Balaban J connectivity index is 2.23. The highest BCUT2D eigenvalue weighted by Gasteiger charge is 2.24. The van der Waals surface area contributed by atoms with Gasteiger partial charge in [0.1, 0.15) is 10.7 Å². The van der Waals surface area contributed by atoms with Gasteiger partial charge in [-0.1, -0.05) is 6.07 Å². The van der Waals surface area contributed by atoms with Gasteiger partial charge in [0, 0.05) is 6.04 Å². The fourth-order valence-corrected chi connectivity index (χ4v) is 4.49. The van der Waals surface area contributed by atoms with Gasteiger partial charge in [-0.15, -0.1) is 0 Å². The van der Waals surface area contributed by atoms with Crippen LogP contribution in [0.25, 0.3) is 0 Å². The van der Waals surface area contributed by atoms with Crippen molar-refractivity contribution >= 4 is 21.8 Å². The first-order chi connectivity index (χ1) is 9.03. The molecule has 0 aromatic heterocycles. The normalized spacial score (nSPS) is 17.6. The minimum atomic E-state index is -3.87. The molecule has 2 N–H and O–H groups in total. The standard InChI is InChI=1S/C12H16FNO3S2/c13-11-2-1-9(8-15)7-12(11)19(16,17)14-10-3-5-18-6-4-10/h1-2,7,10,14-15H,3-6,8H2. The van der Waals surface area contributed by atoms with E-state index in [-0.39, 0.29) is 12.6 Å². The first kappa shape index (κ1) is 14.8. The van der Waals surface area contributed by atoms with Gasteiger partial charge in [0.05, 0.1) is 6.61 Å². The fourth-order valence-electron chi connectivity index (χ4n) is 1.95. The van der Waals surface area contributed by atoms with E-state index < -0.39 is 20.7 Å². The number of halogens is 1. The van der Waals surface area contributed by atoms with E-state index in [4.69, 9.17) is 5.11 Å². The Morgan fingerprint density at radius 2 is 2.05 bits per heavy atom. The summed E-state index contributed by atoms with van der Waals surface area (Å²) < 4.78 is 40.5. The molecule has 0 aliphatic carbocycles. The third kappa shape index (κ3) is 3.68.